The van der Waals surface area contributed by atoms with Gasteiger partial charge in [0.15, 0.2) is 0 Å². The lowest BCUT2D eigenvalue weighted by Gasteiger charge is -2.17. The molecule has 2 rings (SSSR count). The van der Waals surface area contributed by atoms with Crippen LogP contribution in [0.1, 0.15) is 18.5 Å². The van der Waals surface area contributed by atoms with Gasteiger partial charge in [0.25, 0.3) is 0 Å². The van der Waals surface area contributed by atoms with Gasteiger partial charge in [0.05, 0.1) is 10.7 Å². The third-order valence-electron chi connectivity index (χ3n) is 2.74. The van der Waals surface area contributed by atoms with E-state index in [4.69, 9.17) is 11.6 Å². The molecule has 1 nitrogen and oxygen atoms in total. The van der Waals surface area contributed by atoms with E-state index < -0.39 is 5.82 Å². The molecule has 100 valence electrons. The van der Waals surface area contributed by atoms with Crippen molar-refractivity contribution >= 4 is 33.2 Å². The number of benzene rings is 2. The van der Waals surface area contributed by atoms with Crippen molar-refractivity contribution in [2.24, 2.45) is 0 Å². The summed E-state index contributed by atoms with van der Waals surface area (Å²) in [4.78, 5) is 0. The van der Waals surface area contributed by atoms with Crippen molar-refractivity contribution < 1.29 is 8.78 Å². The maximum Gasteiger partial charge on any atom is 0.142 e. The van der Waals surface area contributed by atoms with Crippen LogP contribution in [-0.4, -0.2) is 0 Å². The van der Waals surface area contributed by atoms with Crippen LogP contribution in [0.15, 0.2) is 40.9 Å². The average molecular weight is 347 g/mol. The normalized spacial score (nSPS) is 12.3. The largest absolute Gasteiger partial charge is 0.378 e. The molecule has 0 heterocycles. The fourth-order valence-electron chi connectivity index (χ4n) is 1.71. The minimum atomic E-state index is -0.467. The van der Waals surface area contributed by atoms with E-state index in [1.54, 1.807) is 12.1 Å². The molecule has 1 N–H and O–H groups in total. The molecule has 0 fully saturated rings. The van der Waals surface area contributed by atoms with E-state index in [1.165, 1.54) is 24.3 Å². The molecule has 2 aromatic rings. The molecule has 0 bridgehead atoms. The van der Waals surface area contributed by atoms with Gasteiger partial charge in [0.2, 0.25) is 0 Å². The zero-order valence-corrected chi connectivity index (χ0v) is 12.4. The van der Waals surface area contributed by atoms with Gasteiger partial charge in [0, 0.05) is 10.5 Å². The van der Waals surface area contributed by atoms with Gasteiger partial charge in [-0.3, -0.25) is 0 Å². The molecule has 0 spiro atoms. The highest BCUT2D eigenvalue weighted by Crippen LogP contribution is 2.28. The minimum absolute atomic E-state index is 0.0860. The Balaban J connectivity index is 2.22. The van der Waals surface area contributed by atoms with E-state index in [1.807, 2.05) is 6.92 Å². The van der Waals surface area contributed by atoms with Gasteiger partial charge in [0.1, 0.15) is 11.6 Å². The summed E-state index contributed by atoms with van der Waals surface area (Å²) >= 11 is 8.97. The van der Waals surface area contributed by atoms with Gasteiger partial charge in [-0.05, 0) is 58.7 Å². The minimum Gasteiger partial charge on any atom is -0.378 e. The van der Waals surface area contributed by atoms with E-state index in [2.05, 4.69) is 21.2 Å². The molecule has 0 saturated carbocycles. The van der Waals surface area contributed by atoms with Crippen molar-refractivity contribution in [1.29, 1.82) is 0 Å². The first kappa shape index (κ1) is 14.3. The Labute approximate surface area is 123 Å². The van der Waals surface area contributed by atoms with Gasteiger partial charge in [-0.15, -0.1) is 0 Å². The maximum atomic E-state index is 13.4. The Hall–Kier alpha value is -1.13. The predicted molar refractivity (Wildman–Crippen MR) is 77.5 cm³/mol. The fourth-order valence-corrected chi connectivity index (χ4v) is 2.19. The second-order valence-corrected chi connectivity index (χ2v) is 5.43. The lowest BCUT2D eigenvalue weighted by atomic mass is 10.1. The first-order chi connectivity index (χ1) is 8.97. The van der Waals surface area contributed by atoms with Crippen molar-refractivity contribution in [3.8, 4) is 0 Å². The van der Waals surface area contributed by atoms with E-state index >= 15 is 0 Å². The molecule has 0 aliphatic carbocycles. The van der Waals surface area contributed by atoms with Gasteiger partial charge >= 0.3 is 0 Å². The second-order valence-electron chi connectivity index (χ2n) is 4.16. The molecule has 0 amide bonds. The number of anilines is 1. The summed E-state index contributed by atoms with van der Waals surface area (Å²) < 4.78 is 27.3. The van der Waals surface area contributed by atoms with E-state index in [0.29, 0.717) is 5.69 Å². The molecule has 0 aromatic heterocycles. The highest BCUT2D eigenvalue weighted by Gasteiger charge is 2.10. The summed E-state index contributed by atoms with van der Waals surface area (Å²) in [5.74, 6) is -0.800. The number of halogens is 4. The number of rotatable bonds is 3. The van der Waals surface area contributed by atoms with E-state index in [-0.39, 0.29) is 16.9 Å². The van der Waals surface area contributed by atoms with Gasteiger partial charge < -0.3 is 5.32 Å². The van der Waals surface area contributed by atoms with Gasteiger partial charge in [-0.25, -0.2) is 8.78 Å². The molecule has 0 saturated heterocycles. The Kier molecular flexibility index (Phi) is 4.42. The molecular formula is C14H11BrClF2N. The summed E-state index contributed by atoms with van der Waals surface area (Å²) in [6.45, 7) is 1.86. The quantitative estimate of drug-likeness (QED) is 0.768. The van der Waals surface area contributed by atoms with Crippen LogP contribution >= 0.6 is 27.5 Å². The number of nitrogens with one attached hydrogen (secondary N) is 1. The zero-order valence-electron chi connectivity index (χ0n) is 10.1. The summed E-state index contributed by atoms with van der Waals surface area (Å²) in [5, 5.41) is 3.20. The van der Waals surface area contributed by atoms with Crippen LogP contribution in [0, 0.1) is 11.6 Å². The highest BCUT2D eigenvalue weighted by molar-refractivity contribution is 9.10. The molecule has 19 heavy (non-hydrogen) atoms. The summed E-state index contributed by atoms with van der Waals surface area (Å²) in [5.41, 5.74) is 1.35. The predicted octanol–water partition coefficient (Wildman–Crippen LogP) is 5.55. The van der Waals surface area contributed by atoms with Gasteiger partial charge in [-0.2, -0.15) is 0 Å². The Morgan fingerprint density at radius 3 is 2.58 bits per heavy atom. The Bertz CT molecular complexity index is 604. The Morgan fingerprint density at radius 1 is 1.16 bits per heavy atom. The fraction of sp³-hybridized carbons (Fsp3) is 0.143. The summed E-state index contributed by atoms with van der Waals surface area (Å²) in [6, 6.07) is 8.79. The maximum absolute atomic E-state index is 13.4. The monoisotopic (exact) mass is 345 g/mol. The molecule has 2 aromatic carbocycles. The van der Waals surface area contributed by atoms with Crippen molar-refractivity contribution in [1.82, 2.24) is 0 Å². The number of hydrogen-bond acceptors (Lipinski definition) is 1. The summed E-state index contributed by atoms with van der Waals surface area (Å²) in [7, 11) is 0. The first-order valence-corrected chi connectivity index (χ1v) is 6.81. The third-order valence-corrected chi connectivity index (χ3v) is 3.74. The van der Waals surface area contributed by atoms with Crippen LogP contribution in [0.4, 0.5) is 14.5 Å². The van der Waals surface area contributed by atoms with Crippen molar-refractivity contribution in [2.75, 3.05) is 5.32 Å². The van der Waals surface area contributed by atoms with E-state index in [9.17, 15) is 8.78 Å². The third kappa shape index (κ3) is 3.45. The number of hydrogen-bond donors (Lipinski definition) is 1. The van der Waals surface area contributed by atoms with E-state index in [0.717, 1.165) is 10.0 Å². The Morgan fingerprint density at radius 2 is 1.89 bits per heavy atom. The van der Waals surface area contributed by atoms with Crippen LogP contribution in [0.2, 0.25) is 5.02 Å². The SMILES string of the molecule is CC(Nc1cc(F)ccc1Br)c1ccc(Cl)c(F)c1. The molecule has 1 unspecified atom stereocenters. The molecule has 0 aliphatic heterocycles. The van der Waals surface area contributed by atoms with Crippen LogP contribution in [0.3, 0.4) is 0 Å². The zero-order chi connectivity index (χ0) is 14.0. The molecule has 0 radical (unpaired) electrons. The van der Waals surface area contributed by atoms with Crippen LogP contribution in [-0.2, 0) is 0 Å². The topological polar surface area (TPSA) is 12.0 Å². The van der Waals surface area contributed by atoms with Crippen LogP contribution in [0.25, 0.3) is 0 Å². The molecule has 1 atom stereocenters. The van der Waals surface area contributed by atoms with Crippen LogP contribution in [0.5, 0.6) is 0 Å². The summed E-state index contributed by atoms with van der Waals surface area (Å²) in [6.07, 6.45) is 0. The van der Waals surface area contributed by atoms with Crippen molar-refractivity contribution in [2.45, 2.75) is 13.0 Å². The van der Waals surface area contributed by atoms with Gasteiger partial charge in [-0.1, -0.05) is 17.7 Å². The average Bonchev–Trinajstić information content (AvgIpc) is 2.37. The first-order valence-electron chi connectivity index (χ1n) is 5.64. The standard InChI is InChI=1S/C14H11BrClF2N/c1-8(9-2-5-12(16)13(18)6-9)19-14-7-10(17)3-4-11(14)15/h2-8,19H,1H3. The van der Waals surface area contributed by atoms with Crippen LogP contribution < -0.4 is 5.32 Å². The smallest absolute Gasteiger partial charge is 0.142 e. The van der Waals surface area contributed by atoms with Crippen molar-refractivity contribution in [3.63, 3.8) is 0 Å². The molecule has 0 aliphatic rings. The second kappa shape index (κ2) is 5.88. The lowest BCUT2D eigenvalue weighted by Crippen LogP contribution is -2.07. The molecule has 5 heteroatoms. The van der Waals surface area contributed by atoms with Crippen molar-refractivity contribution in [3.05, 3.63) is 63.1 Å². The lowest BCUT2D eigenvalue weighted by molar-refractivity contribution is 0.623. The molecular weight excluding hydrogens is 336 g/mol. The highest BCUT2D eigenvalue weighted by atomic mass is 79.9.